The van der Waals surface area contributed by atoms with Crippen LogP contribution in [0.2, 0.25) is 5.02 Å². The molecular formula is C21H17ClN2O5S. The molecule has 0 bridgehead atoms. The number of nitro benzene ring substituents is 1. The number of carbonyl (C=O) groups is 2. The van der Waals surface area contributed by atoms with Crippen LogP contribution in [0.25, 0.3) is 11.1 Å². The number of nitrogens with zero attached hydrogens (tertiary/aromatic N) is 1. The number of carbonyl (C=O) groups excluding carboxylic acids is 2. The standard InChI is InChI=1S/C21H17ClN2O5S/c1-3-29-21(26)18-15(13-6-4-12(2)5-7-13)11-30-20(18)23-19(25)14-8-9-16(22)17(10-14)24(27)28/h4-11H,3H2,1-2H3,(H,23,25). The molecule has 1 N–H and O–H groups in total. The Hall–Kier alpha value is -3.23. The van der Waals surface area contributed by atoms with Crippen LogP contribution in [-0.2, 0) is 4.74 Å². The van der Waals surface area contributed by atoms with Crippen LogP contribution in [0.3, 0.4) is 0 Å². The maximum absolute atomic E-state index is 12.7. The summed E-state index contributed by atoms with van der Waals surface area (Å²) in [6, 6.07) is 11.4. The first-order chi connectivity index (χ1) is 14.3. The topological polar surface area (TPSA) is 98.5 Å². The normalized spacial score (nSPS) is 10.5. The zero-order valence-corrected chi connectivity index (χ0v) is 17.7. The molecule has 0 aliphatic heterocycles. The highest BCUT2D eigenvalue weighted by molar-refractivity contribution is 7.15. The van der Waals surface area contributed by atoms with Crippen molar-refractivity contribution >= 4 is 45.5 Å². The third-order valence-corrected chi connectivity index (χ3v) is 5.48. The Balaban J connectivity index is 1.98. The van der Waals surface area contributed by atoms with Crippen molar-refractivity contribution in [1.82, 2.24) is 0 Å². The lowest BCUT2D eigenvalue weighted by Gasteiger charge is -2.09. The van der Waals surface area contributed by atoms with Crippen molar-refractivity contribution < 1.29 is 19.2 Å². The number of thiophene rings is 1. The number of amides is 1. The summed E-state index contributed by atoms with van der Waals surface area (Å²) < 4.78 is 5.18. The molecule has 0 aliphatic carbocycles. The maximum Gasteiger partial charge on any atom is 0.341 e. The van der Waals surface area contributed by atoms with Crippen LogP contribution in [-0.4, -0.2) is 23.4 Å². The Labute approximate surface area is 181 Å². The zero-order chi connectivity index (χ0) is 21.8. The number of rotatable bonds is 6. The zero-order valence-electron chi connectivity index (χ0n) is 16.1. The van der Waals surface area contributed by atoms with Crippen molar-refractivity contribution in [1.29, 1.82) is 0 Å². The number of hydrogen-bond acceptors (Lipinski definition) is 6. The van der Waals surface area contributed by atoms with Gasteiger partial charge in [-0.25, -0.2) is 4.79 Å². The number of nitro groups is 1. The maximum atomic E-state index is 12.7. The predicted molar refractivity (Wildman–Crippen MR) is 117 cm³/mol. The number of esters is 1. The minimum Gasteiger partial charge on any atom is -0.462 e. The summed E-state index contributed by atoms with van der Waals surface area (Å²) in [5, 5.41) is 15.7. The molecule has 9 heteroatoms. The molecule has 3 aromatic rings. The van der Waals surface area contributed by atoms with Gasteiger partial charge in [0.05, 0.1) is 11.5 Å². The largest absolute Gasteiger partial charge is 0.462 e. The highest BCUT2D eigenvalue weighted by atomic mass is 35.5. The minimum atomic E-state index is -0.663. The lowest BCUT2D eigenvalue weighted by molar-refractivity contribution is -0.384. The van der Waals surface area contributed by atoms with Crippen molar-refractivity contribution in [3.63, 3.8) is 0 Å². The molecule has 7 nitrogen and oxygen atoms in total. The molecule has 0 saturated carbocycles. The molecule has 3 rings (SSSR count). The van der Waals surface area contributed by atoms with Crippen molar-refractivity contribution in [2.75, 3.05) is 11.9 Å². The Morgan fingerprint density at radius 3 is 2.53 bits per heavy atom. The Bertz CT molecular complexity index is 1120. The fourth-order valence-electron chi connectivity index (χ4n) is 2.77. The Morgan fingerprint density at radius 2 is 1.90 bits per heavy atom. The van der Waals surface area contributed by atoms with Gasteiger partial charge in [-0.15, -0.1) is 11.3 Å². The monoisotopic (exact) mass is 444 g/mol. The number of anilines is 1. The first-order valence-electron chi connectivity index (χ1n) is 8.92. The third-order valence-electron chi connectivity index (χ3n) is 4.27. The van der Waals surface area contributed by atoms with E-state index in [1.807, 2.05) is 31.2 Å². The summed E-state index contributed by atoms with van der Waals surface area (Å²) in [6.45, 7) is 3.83. The third kappa shape index (κ3) is 4.50. The van der Waals surface area contributed by atoms with Gasteiger partial charge in [0.25, 0.3) is 11.6 Å². The molecule has 2 aromatic carbocycles. The van der Waals surface area contributed by atoms with Crippen LogP contribution in [0.1, 0.15) is 33.2 Å². The SMILES string of the molecule is CCOC(=O)c1c(-c2ccc(C)cc2)csc1NC(=O)c1ccc(Cl)c([N+](=O)[O-])c1. The van der Waals surface area contributed by atoms with Crippen LogP contribution >= 0.6 is 22.9 Å². The van der Waals surface area contributed by atoms with E-state index in [0.717, 1.165) is 17.2 Å². The summed E-state index contributed by atoms with van der Waals surface area (Å²) in [5.74, 6) is -1.16. The fraction of sp³-hybridized carbons (Fsp3) is 0.143. The van der Waals surface area contributed by atoms with E-state index in [2.05, 4.69) is 5.32 Å². The van der Waals surface area contributed by atoms with Crippen LogP contribution in [0.4, 0.5) is 10.7 Å². The summed E-state index contributed by atoms with van der Waals surface area (Å²) in [4.78, 5) is 35.7. The van der Waals surface area contributed by atoms with Crippen molar-refractivity contribution in [2.45, 2.75) is 13.8 Å². The highest BCUT2D eigenvalue weighted by Crippen LogP contribution is 2.37. The summed E-state index contributed by atoms with van der Waals surface area (Å²) in [7, 11) is 0. The minimum absolute atomic E-state index is 0.0474. The van der Waals surface area contributed by atoms with Crippen molar-refractivity contribution in [3.8, 4) is 11.1 Å². The van der Waals surface area contributed by atoms with Gasteiger partial charge in [-0.3, -0.25) is 14.9 Å². The van der Waals surface area contributed by atoms with E-state index in [1.54, 1.807) is 12.3 Å². The van der Waals surface area contributed by atoms with Crippen LogP contribution in [0.5, 0.6) is 0 Å². The number of nitrogens with one attached hydrogen (secondary N) is 1. The lowest BCUT2D eigenvalue weighted by atomic mass is 10.0. The van der Waals surface area contributed by atoms with Gasteiger partial charge in [0.1, 0.15) is 15.6 Å². The summed E-state index contributed by atoms with van der Waals surface area (Å²) in [6.07, 6.45) is 0. The van der Waals surface area contributed by atoms with Crippen molar-refractivity contribution in [2.24, 2.45) is 0 Å². The second-order valence-electron chi connectivity index (χ2n) is 6.32. The number of ether oxygens (including phenoxy) is 1. The lowest BCUT2D eigenvalue weighted by Crippen LogP contribution is -2.15. The highest BCUT2D eigenvalue weighted by Gasteiger charge is 2.24. The molecule has 1 heterocycles. The average Bonchev–Trinajstić information content (AvgIpc) is 3.12. The van der Waals surface area contributed by atoms with Gasteiger partial charge in [0, 0.05) is 22.6 Å². The molecule has 0 radical (unpaired) electrons. The first-order valence-corrected chi connectivity index (χ1v) is 10.2. The van der Waals surface area contributed by atoms with Crippen LogP contribution in [0.15, 0.2) is 47.8 Å². The van der Waals surface area contributed by atoms with Crippen LogP contribution in [0, 0.1) is 17.0 Å². The molecule has 0 unspecified atom stereocenters. The average molecular weight is 445 g/mol. The van der Waals surface area contributed by atoms with Gasteiger partial charge in [-0.2, -0.15) is 0 Å². The number of aryl methyl sites for hydroxylation is 1. The molecule has 154 valence electrons. The second kappa shape index (κ2) is 9.06. The van der Waals surface area contributed by atoms with E-state index in [1.165, 1.54) is 23.5 Å². The number of halogens is 1. The molecule has 1 amide bonds. The summed E-state index contributed by atoms with van der Waals surface area (Å²) >= 11 is 6.98. The van der Waals surface area contributed by atoms with Gasteiger partial charge in [-0.1, -0.05) is 41.4 Å². The van der Waals surface area contributed by atoms with E-state index in [9.17, 15) is 19.7 Å². The van der Waals surface area contributed by atoms with Gasteiger partial charge in [0.15, 0.2) is 0 Å². The molecule has 0 spiro atoms. The Kier molecular flexibility index (Phi) is 6.49. The molecule has 0 fully saturated rings. The molecule has 0 atom stereocenters. The summed E-state index contributed by atoms with van der Waals surface area (Å²) in [5.41, 5.74) is 2.43. The predicted octanol–water partition coefficient (Wildman–Crippen LogP) is 5.71. The smallest absolute Gasteiger partial charge is 0.341 e. The second-order valence-corrected chi connectivity index (χ2v) is 7.60. The molecule has 0 saturated heterocycles. The first kappa shape index (κ1) is 21.5. The van der Waals surface area contributed by atoms with Gasteiger partial charge >= 0.3 is 5.97 Å². The molecular weight excluding hydrogens is 428 g/mol. The van der Waals surface area contributed by atoms with Gasteiger partial charge in [-0.05, 0) is 31.5 Å². The van der Waals surface area contributed by atoms with Gasteiger partial charge in [0.2, 0.25) is 0 Å². The Morgan fingerprint density at radius 1 is 1.20 bits per heavy atom. The van der Waals surface area contributed by atoms with E-state index < -0.39 is 16.8 Å². The quantitative estimate of drug-likeness (QED) is 0.298. The van der Waals surface area contributed by atoms with E-state index in [-0.39, 0.29) is 28.4 Å². The van der Waals surface area contributed by atoms with Crippen molar-refractivity contribution in [3.05, 3.63) is 79.7 Å². The fourth-order valence-corrected chi connectivity index (χ4v) is 3.91. The molecule has 30 heavy (non-hydrogen) atoms. The van der Waals surface area contributed by atoms with E-state index >= 15 is 0 Å². The van der Waals surface area contributed by atoms with E-state index in [4.69, 9.17) is 16.3 Å². The number of hydrogen-bond donors (Lipinski definition) is 1. The molecule has 1 aromatic heterocycles. The van der Waals surface area contributed by atoms with Gasteiger partial charge < -0.3 is 10.1 Å². The van der Waals surface area contributed by atoms with Crippen LogP contribution < -0.4 is 5.32 Å². The van der Waals surface area contributed by atoms with E-state index in [0.29, 0.717) is 10.6 Å². The number of benzene rings is 2. The molecule has 0 aliphatic rings.